The van der Waals surface area contributed by atoms with Gasteiger partial charge < -0.3 is 28.1 Å². The quantitative estimate of drug-likeness (QED) is 0.388. The summed E-state index contributed by atoms with van der Waals surface area (Å²) in [4.78, 5) is 0. The molecule has 0 unspecified atom stereocenters. The van der Waals surface area contributed by atoms with Crippen LogP contribution in [0, 0.1) is 0 Å². The molecule has 0 bridgehead atoms. The average molecular weight is 494 g/mol. The van der Waals surface area contributed by atoms with Crippen molar-refractivity contribution in [1.82, 2.24) is 0 Å². The zero-order valence-electron chi connectivity index (χ0n) is 23.1. The number of benzene rings is 2. The summed E-state index contributed by atoms with van der Waals surface area (Å²) in [5.74, 6) is 0. The Morgan fingerprint density at radius 2 is 0.778 bits per heavy atom. The largest absolute Gasteiger partial charge is 0.494 e. The molecule has 0 amide bonds. The summed E-state index contributed by atoms with van der Waals surface area (Å²) in [7, 11) is -0.686. The minimum Gasteiger partial charge on any atom is -0.399 e. The topological polar surface area (TPSA) is 55.4 Å². The van der Waals surface area contributed by atoms with Gasteiger partial charge in [0.25, 0.3) is 0 Å². The van der Waals surface area contributed by atoms with Gasteiger partial charge in [-0.2, -0.15) is 0 Å². The maximum atomic E-state index is 6.12. The monoisotopic (exact) mass is 494 g/mol. The molecule has 0 atom stereocenters. The number of rotatable bonds is 9. The van der Waals surface area contributed by atoms with Gasteiger partial charge in [-0.25, -0.2) is 0 Å². The summed E-state index contributed by atoms with van der Waals surface area (Å²) >= 11 is 0. The third kappa shape index (κ3) is 5.90. The molecule has 0 radical (unpaired) electrons. The molecule has 0 spiro atoms. The van der Waals surface area contributed by atoms with E-state index in [0.29, 0.717) is 26.4 Å². The van der Waals surface area contributed by atoms with Crippen molar-refractivity contribution in [2.45, 2.75) is 91.0 Å². The molecule has 2 aromatic rings. The van der Waals surface area contributed by atoms with Gasteiger partial charge in [0.05, 0.1) is 48.8 Å². The second-order valence-electron chi connectivity index (χ2n) is 11.8. The second kappa shape index (κ2) is 10.2. The maximum absolute atomic E-state index is 6.12. The standard InChI is InChI=1S/C28H40B2O6/c1-25(2)26(3,4)34-29(33-25)23-13-9-21(10-14-23)19-31-17-18-32-20-22-11-15-24(16-12-22)30-35-27(5,6)28(7,8)36-30/h9-16H,17-20H2,1-8H3. The van der Waals surface area contributed by atoms with E-state index < -0.39 is 0 Å². The van der Waals surface area contributed by atoms with E-state index in [-0.39, 0.29) is 36.6 Å². The number of ether oxygens (including phenoxy) is 2. The highest BCUT2D eigenvalue weighted by Crippen LogP contribution is 2.37. The molecular formula is C28H40B2O6. The van der Waals surface area contributed by atoms with E-state index >= 15 is 0 Å². The van der Waals surface area contributed by atoms with Crippen LogP contribution in [-0.2, 0) is 41.3 Å². The van der Waals surface area contributed by atoms with Gasteiger partial charge in [-0.1, -0.05) is 48.5 Å². The minimum absolute atomic E-state index is 0.339. The van der Waals surface area contributed by atoms with E-state index in [0.717, 1.165) is 22.1 Å². The molecule has 4 rings (SSSR count). The zero-order chi connectivity index (χ0) is 26.2. The fourth-order valence-electron chi connectivity index (χ4n) is 4.00. The Morgan fingerprint density at radius 1 is 0.500 bits per heavy atom. The molecule has 0 N–H and O–H groups in total. The van der Waals surface area contributed by atoms with E-state index in [9.17, 15) is 0 Å². The Labute approximate surface area is 217 Å². The van der Waals surface area contributed by atoms with Gasteiger partial charge in [0.1, 0.15) is 0 Å². The van der Waals surface area contributed by atoms with Crippen molar-refractivity contribution in [2.24, 2.45) is 0 Å². The lowest BCUT2D eigenvalue weighted by Crippen LogP contribution is -2.41. The Kier molecular flexibility index (Phi) is 7.78. The summed E-state index contributed by atoms with van der Waals surface area (Å²) in [6, 6.07) is 16.4. The highest BCUT2D eigenvalue weighted by Gasteiger charge is 2.52. The average Bonchev–Trinajstić information content (AvgIpc) is 3.16. The van der Waals surface area contributed by atoms with E-state index in [1.54, 1.807) is 0 Å². The molecule has 0 aromatic heterocycles. The number of hydrogen-bond acceptors (Lipinski definition) is 6. The lowest BCUT2D eigenvalue weighted by atomic mass is 9.79. The normalized spacial score (nSPS) is 21.8. The van der Waals surface area contributed by atoms with E-state index in [2.05, 4.69) is 79.7 Å². The molecule has 2 heterocycles. The van der Waals surface area contributed by atoms with Crippen LogP contribution < -0.4 is 10.9 Å². The van der Waals surface area contributed by atoms with Gasteiger partial charge in [-0.3, -0.25) is 0 Å². The lowest BCUT2D eigenvalue weighted by molar-refractivity contribution is 0.00578. The molecule has 2 aliphatic heterocycles. The molecule has 0 aliphatic carbocycles. The van der Waals surface area contributed by atoms with Crippen LogP contribution in [0.1, 0.15) is 66.5 Å². The van der Waals surface area contributed by atoms with Crippen LogP contribution >= 0.6 is 0 Å². The Hall–Kier alpha value is -1.67. The van der Waals surface area contributed by atoms with Gasteiger partial charge in [-0.15, -0.1) is 0 Å². The van der Waals surface area contributed by atoms with E-state index in [4.69, 9.17) is 28.1 Å². The smallest absolute Gasteiger partial charge is 0.399 e. The third-order valence-electron chi connectivity index (χ3n) is 7.92. The minimum atomic E-state index is -0.343. The van der Waals surface area contributed by atoms with Crippen LogP contribution in [-0.4, -0.2) is 49.9 Å². The zero-order valence-corrected chi connectivity index (χ0v) is 23.1. The highest BCUT2D eigenvalue weighted by atomic mass is 16.7. The van der Waals surface area contributed by atoms with Crippen LogP contribution in [0.15, 0.2) is 48.5 Å². The van der Waals surface area contributed by atoms with Gasteiger partial charge >= 0.3 is 14.2 Å². The summed E-state index contributed by atoms with van der Waals surface area (Å²) in [6.07, 6.45) is 0. The molecule has 2 saturated heterocycles. The fraction of sp³-hybridized carbons (Fsp3) is 0.571. The van der Waals surface area contributed by atoms with Crippen molar-refractivity contribution in [1.29, 1.82) is 0 Å². The van der Waals surface area contributed by atoms with Crippen LogP contribution in [0.4, 0.5) is 0 Å². The first-order valence-electron chi connectivity index (χ1n) is 12.8. The van der Waals surface area contributed by atoms with Crippen molar-refractivity contribution in [3.8, 4) is 0 Å². The summed E-state index contributed by atoms with van der Waals surface area (Å²) in [5, 5.41) is 0. The lowest BCUT2D eigenvalue weighted by Gasteiger charge is -2.32. The number of hydrogen-bond donors (Lipinski definition) is 0. The van der Waals surface area contributed by atoms with Crippen LogP contribution in [0.5, 0.6) is 0 Å². The van der Waals surface area contributed by atoms with E-state index in [1.165, 1.54) is 0 Å². The van der Waals surface area contributed by atoms with Crippen LogP contribution in [0.25, 0.3) is 0 Å². The first-order valence-corrected chi connectivity index (χ1v) is 12.8. The van der Waals surface area contributed by atoms with Gasteiger partial charge in [-0.05, 0) is 77.4 Å². The van der Waals surface area contributed by atoms with Gasteiger partial charge in [0.2, 0.25) is 0 Å². The summed E-state index contributed by atoms with van der Waals surface area (Å²) in [5.41, 5.74) is 2.89. The van der Waals surface area contributed by atoms with Crippen molar-refractivity contribution in [3.05, 3.63) is 59.7 Å². The summed E-state index contributed by atoms with van der Waals surface area (Å²) < 4.78 is 36.1. The highest BCUT2D eigenvalue weighted by molar-refractivity contribution is 6.62. The Bertz CT molecular complexity index is 902. The Morgan fingerprint density at radius 3 is 1.06 bits per heavy atom. The molecule has 2 fully saturated rings. The molecule has 6 nitrogen and oxygen atoms in total. The van der Waals surface area contributed by atoms with Crippen molar-refractivity contribution < 1.29 is 28.1 Å². The van der Waals surface area contributed by atoms with E-state index in [1.807, 2.05) is 24.3 Å². The maximum Gasteiger partial charge on any atom is 0.494 e. The molecular weight excluding hydrogens is 454 g/mol. The molecule has 2 aliphatic rings. The molecule has 2 aromatic carbocycles. The molecule has 8 heteroatoms. The van der Waals surface area contributed by atoms with Gasteiger partial charge in [0.15, 0.2) is 0 Å². The van der Waals surface area contributed by atoms with Crippen LogP contribution in [0.2, 0.25) is 0 Å². The first kappa shape index (κ1) is 27.4. The van der Waals surface area contributed by atoms with Gasteiger partial charge in [0, 0.05) is 0 Å². The summed E-state index contributed by atoms with van der Waals surface area (Å²) in [6.45, 7) is 18.6. The molecule has 36 heavy (non-hydrogen) atoms. The van der Waals surface area contributed by atoms with Crippen molar-refractivity contribution >= 4 is 25.2 Å². The molecule has 0 saturated carbocycles. The Balaban J connectivity index is 1.15. The third-order valence-corrected chi connectivity index (χ3v) is 7.92. The predicted molar refractivity (Wildman–Crippen MR) is 144 cm³/mol. The van der Waals surface area contributed by atoms with Crippen LogP contribution in [0.3, 0.4) is 0 Å². The fourth-order valence-corrected chi connectivity index (χ4v) is 4.00. The second-order valence-corrected chi connectivity index (χ2v) is 11.8. The molecule has 194 valence electrons. The SMILES string of the molecule is CC1(C)OB(c2ccc(COCCOCc3ccc(B4OC(C)(C)C(C)(C)O4)cc3)cc2)OC1(C)C. The predicted octanol–water partition coefficient (Wildman–Crippen LogP) is 4.02. The van der Waals surface area contributed by atoms with Crippen molar-refractivity contribution in [2.75, 3.05) is 13.2 Å². The first-order chi connectivity index (χ1) is 16.8. The van der Waals surface area contributed by atoms with Crippen molar-refractivity contribution in [3.63, 3.8) is 0 Å².